The first-order valence-corrected chi connectivity index (χ1v) is 9.26. The molecule has 1 unspecified atom stereocenters. The van der Waals surface area contributed by atoms with Crippen LogP contribution in [-0.2, 0) is 0 Å². The second kappa shape index (κ2) is 7.73. The van der Waals surface area contributed by atoms with E-state index in [1.165, 1.54) is 0 Å². The molecule has 0 aromatic heterocycles. The summed E-state index contributed by atoms with van der Waals surface area (Å²) in [5, 5.41) is 16.2. The zero-order valence-corrected chi connectivity index (χ0v) is 14.3. The van der Waals surface area contributed by atoms with E-state index >= 15 is 0 Å². The fraction of sp³-hybridized carbons (Fsp3) is 0.316. The highest BCUT2D eigenvalue weighted by Crippen LogP contribution is 2.27. The molecule has 1 fully saturated rings. The van der Waals surface area contributed by atoms with Gasteiger partial charge in [0, 0.05) is 12.3 Å². The van der Waals surface area contributed by atoms with Crippen LogP contribution in [0.1, 0.15) is 23.6 Å². The molecule has 1 saturated heterocycles. The quantitative estimate of drug-likeness (QED) is 0.783. The minimum absolute atomic E-state index is 0.222. The van der Waals surface area contributed by atoms with Gasteiger partial charge < -0.3 is 15.7 Å². The van der Waals surface area contributed by atoms with E-state index in [1.54, 1.807) is 11.8 Å². The van der Waals surface area contributed by atoms with E-state index < -0.39 is 5.60 Å². The Morgan fingerprint density at radius 2 is 1.67 bits per heavy atom. The van der Waals surface area contributed by atoms with Crippen LogP contribution in [0.3, 0.4) is 0 Å². The zero-order chi connectivity index (χ0) is 16.8. The normalized spacial score (nSPS) is 20.1. The van der Waals surface area contributed by atoms with Crippen LogP contribution in [-0.4, -0.2) is 34.8 Å². The second-order valence-electron chi connectivity index (χ2n) is 6.11. The van der Waals surface area contributed by atoms with E-state index in [1.807, 2.05) is 60.7 Å². The summed E-state index contributed by atoms with van der Waals surface area (Å²) in [6.07, 6.45) is 0.721. The SMILES string of the molecule is O=C(NCC1(O)CCSC1)NC(c1ccccc1)c1ccccc1. The molecule has 1 aliphatic rings. The lowest BCUT2D eigenvalue weighted by Gasteiger charge is -2.24. The van der Waals surface area contributed by atoms with Crippen molar-refractivity contribution >= 4 is 17.8 Å². The number of amides is 2. The van der Waals surface area contributed by atoms with Gasteiger partial charge in [-0.15, -0.1) is 0 Å². The smallest absolute Gasteiger partial charge is 0.315 e. The molecule has 1 heterocycles. The number of hydrogen-bond donors (Lipinski definition) is 3. The Labute approximate surface area is 146 Å². The van der Waals surface area contributed by atoms with Crippen molar-refractivity contribution in [3.05, 3.63) is 71.8 Å². The predicted molar refractivity (Wildman–Crippen MR) is 98.2 cm³/mol. The van der Waals surface area contributed by atoms with Crippen LogP contribution in [0.25, 0.3) is 0 Å². The first-order valence-electron chi connectivity index (χ1n) is 8.11. The van der Waals surface area contributed by atoms with Crippen LogP contribution in [0.4, 0.5) is 4.79 Å². The standard InChI is InChI=1S/C19H22N2O2S/c22-18(20-13-19(23)11-12-24-14-19)21-17(15-7-3-1-4-8-15)16-9-5-2-6-10-16/h1-10,17,23H,11-14H2,(H2,20,21,22). The average molecular weight is 342 g/mol. The molecule has 1 atom stereocenters. The molecule has 3 rings (SSSR count). The number of carbonyl (C=O) groups excluding carboxylic acids is 1. The van der Waals surface area contributed by atoms with Crippen LogP contribution in [0.15, 0.2) is 60.7 Å². The number of thioether (sulfide) groups is 1. The Kier molecular flexibility index (Phi) is 5.43. The molecule has 2 aromatic rings. The molecule has 4 nitrogen and oxygen atoms in total. The van der Waals surface area contributed by atoms with Crippen molar-refractivity contribution < 1.29 is 9.90 Å². The second-order valence-corrected chi connectivity index (χ2v) is 7.21. The van der Waals surface area contributed by atoms with Crippen molar-refractivity contribution in [3.8, 4) is 0 Å². The minimum Gasteiger partial charge on any atom is -0.387 e. The van der Waals surface area contributed by atoms with Crippen molar-refractivity contribution in [2.75, 3.05) is 18.1 Å². The van der Waals surface area contributed by atoms with Gasteiger partial charge in [-0.1, -0.05) is 60.7 Å². The van der Waals surface area contributed by atoms with Crippen LogP contribution < -0.4 is 10.6 Å². The molecule has 0 aliphatic carbocycles. The third kappa shape index (κ3) is 4.30. The lowest BCUT2D eigenvalue weighted by molar-refractivity contribution is 0.0699. The molecule has 0 bridgehead atoms. The molecule has 2 amide bonds. The topological polar surface area (TPSA) is 61.4 Å². The molecule has 1 aliphatic heterocycles. The Bertz CT molecular complexity index is 618. The largest absolute Gasteiger partial charge is 0.387 e. The predicted octanol–water partition coefficient (Wildman–Crippen LogP) is 2.94. The van der Waals surface area contributed by atoms with Crippen LogP contribution in [0, 0.1) is 0 Å². The lowest BCUT2D eigenvalue weighted by Crippen LogP contribution is -2.47. The van der Waals surface area contributed by atoms with Crippen molar-refractivity contribution in [1.82, 2.24) is 10.6 Å². The summed E-state index contributed by atoms with van der Waals surface area (Å²) >= 11 is 1.72. The van der Waals surface area contributed by atoms with Crippen molar-refractivity contribution in [1.29, 1.82) is 0 Å². The Hall–Kier alpha value is -1.98. The summed E-state index contributed by atoms with van der Waals surface area (Å²) < 4.78 is 0. The number of carbonyl (C=O) groups is 1. The summed E-state index contributed by atoms with van der Waals surface area (Å²) in [4.78, 5) is 12.4. The van der Waals surface area contributed by atoms with Gasteiger partial charge in [0.15, 0.2) is 0 Å². The van der Waals surface area contributed by atoms with Crippen molar-refractivity contribution in [2.24, 2.45) is 0 Å². The first-order chi connectivity index (χ1) is 11.7. The number of aliphatic hydroxyl groups is 1. The Morgan fingerprint density at radius 1 is 1.08 bits per heavy atom. The fourth-order valence-corrected chi connectivity index (χ4v) is 4.11. The van der Waals surface area contributed by atoms with E-state index in [2.05, 4.69) is 10.6 Å². The Morgan fingerprint density at radius 3 is 2.17 bits per heavy atom. The summed E-state index contributed by atoms with van der Waals surface area (Å²) in [6, 6.07) is 19.3. The molecule has 0 spiro atoms. The van der Waals surface area contributed by atoms with Gasteiger partial charge in [-0.3, -0.25) is 0 Å². The molecule has 3 N–H and O–H groups in total. The molecule has 0 saturated carbocycles. The van der Waals surface area contributed by atoms with E-state index in [9.17, 15) is 9.90 Å². The zero-order valence-electron chi connectivity index (χ0n) is 13.4. The van der Waals surface area contributed by atoms with Gasteiger partial charge in [0.1, 0.15) is 0 Å². The van der Waals surface area contributed by atoms with E-state index in [4.69, 9.17) is 0 Å². The van der Waals surface area contributed by atoms with Crippen molar-refractivity contribution in [3.63, 3.8) is 0 Å². The number of nitrogens with one attached hydrogen (secondary N) is 2. The third-order valence-corrected chi connectivity index (χ3v) is 5.44. The molecular weight excluding hydrogens is 320 g/mol. The maximum atomic E-state index is 12.4. The number of benzene rings is 2. The number of urea groups is 1. The summed E-state index contributed by atoms with van der Waals surface area (Å²) in [5.41, 5.74) is 1.26. The van der Waals surface area contributed by atoms with Gasteiger partial charge in [0.25, 0.3) is 0 Å². The molecule has 2 aromatic carbocycles. The molecular formula is C19H22N2O2S. The number of rotatable bonds is 5. The van der Waals surface area contributed by atoms with Crippen LogP contribution in [0.5, 0.6) is 0 Å². The average Bonchev–Trinajstić information content (AvgIpc) is 3.06. The van der Waals surface area contributed by atoms with E-state index in [-0.39, 0.29) is 18.6 Å². The van der Waals surface area contributed by atoms with Gasteiger partial charge >= 0.3 is 6.03 Å². The minimum atomic E-state index is -0.781. The maximum Gasteiger partial charge on any atom is 0.315 e. The number of hydrogen-bond acceptors (Lipinski definition) is 3. The highest BCUT2D eigenvalue weighted by atomic mass is 32.2. The summed E-state index contributed by atoms with van der Waals surface area (Å²) in [6.45, 7) is 0.280. The summed E-state index contributed by atoms with van der Waals surface area (Å²) in [5.74, 6) is 1.62. The third-order valence-electron chi connectivity index (χ3n) is 4.20. The van der Waals surface area contributed by atoms with Crippen molar-refractivity contribution in [2.45, 2.75) is 18.1 Å². The van der Waals surface area contributed by atoms with Gasteiger partial charge in [0.2, 0.25) is 0 Å². The van der Waals surface area contributed by atoms with Gasteiger partial charge in [-0.25, -0.2) is 4.79 Å². The molecule has 0 radical (unpaired) electrons. The molecule has 24 heavy (non-hydrogen) atoms. The van der Waals surface area contributed by atoms with Gasteiger partial charge in [0.05, 0.1) is 11.6 Å². The molecule has 5 heteroatoms. The van der Waals surface area contributed by atoms with Crippen LogP contribution in [0.2, 0.25) is 0 Å². The van der Waals surface area contributed by atoms with E-state index in [0.29, 0.717) is 5.75 Å². The van der Waals surface area contributed by atoms with Gasteiger partial charge in [-0.05, 0) is 23.3 Å². The summed E-state index contributed by atoms with van der Waals surface area (Å²) in [7, 11) is 0. The maximum absolute atomic E-state index is 12.4. The highest BCUT2D eigenvalue weighted by Gasteiger charge is 2.32. The van der Waals surface area contributed by atoms with Crippen LogP contribution >= 0.6 is 11.8 Å². The highest BCUT2D eigenvalue weighted by molar-refractivity contribution is 7.99. The molecule has 126 valence electrons. The van der Waals surface area contributed by atoms with Gasteiger partial charge in [-0.2, -0.15) is 11.8 Å². The Balaban J connectivity index is 1.69. The fourth-order valence-electron chi connectivity index (χ4n) is 2.81. The monoisotopic (exact) mass is 342 g/mol. The van der Waals surface area contributed by atoms with E-state index in [0.717, 1.165) is 23.3 Å². The first kappa shape index (κ1) is 16.9. The lowest BCUT2D eigenvalue weighted by atomic mass is 9.99.